The van der Waals surface area contributed by atoms with E-state index in [1.807, 2.05) is 0 Å². The van der Waals surface area contributed by atoms with E-state index in [1.165, 1.54) is 0 Å². The molecular weight excluding hydrogens is 144 g/mol. The first-order chi connectivity index (χ1) is 5.31. The van der Waals surface area contributed by atoms with Gasteiger partial charge in [-0.2, -0.15) is 0 Å². The maximum absolute atomic E-state index is 11.1. The van der Waals surface area contributed by atoms with Crippen LogP contribution in [0.3, 0.4) is 0 Å². The second-order valence-corrected chi connectivity index (χ2v) is 3.30. The highest BCUT2D eigenvalue weighted by atomic mass is 16.6. The van der Waals surface area contributed by atoms with Gasteiger partial charge in [0, 0.05) is 25.9 Å². The van der Waals surface area contributed by atoms with E-state index in [9.17, 15) is 4.79 Å². The number of hydrogen-bond acceptors (Lipinski definition) is 3. The third-order valence-electron chi connectivity index (χ3n) is 2.38. The van der Waals surface area contributed by atoms with Crippen molar-refractivity contribution in [2.24, 2.45) is 0 Å². The number of carbonyl (C=O) groups excluding carboxylic acids is 1. The number of rotatable bonds is 0. The van der Waals surface area contributed by atoms with Gasteiger partial charge in [0.25, 0.3) is 0 Å². The monoisotopic (exact) mass is 156 g/mol. The van der Waals surface area contributed by atoms with E-state index in [0.717, 1.165) is 13.0 Å². The average molecular weight is 156 g/mol. The fourth-order valence-electron chi connectivity index (χ4n) is 1.72. The summed E-state index contributed by atoms with van der Waals surface area (Å²) in [6.07, 6.45) is 2.04. The third kappa shape index (κ3) is 1.30. The van der Waals surface area contributed by atoms with Gasteiger partial charge in [0.05, 0.1) is 13.2 Å². The first-order valence-electron chi connectivity index (χ1n) is 4.04. The molecule has 0 aromatic carbocycles. The topological polar surface area (TPSA) is 35.5 Å². The Morgan fingerprint density at radius 1 is 1.36 bits per heavy atom. The Bertz CT molecular complexity index is 170. The summed E-state index contributed by atoms with van der Waals surface area (Å²) in [5.74, 6) is 0.321. The van der Waals surface area contributed by atoms with Crippen LogP contribution in [0.5, 0.6) is 0 Å². The summed E-state index contributed by atoms with van der Waals surface area (Å²) in [6.45, 7) is 1.94. The SMILES string of the molecule is O=C1CCOC2(CCOC2)C1. The molecule has 1 atom stereocenters. The third-order valence-corrected chi connectivity index (χ3v) is 2.38. The Morgan fingerprint density at radius 2 is 2.27 bits per heavy atom. The van der Waals surface area contributed by atoms with E-state index >= 15 is 0 Å². The van der Waals surface area contributed by atoms with Crippen molar-refractivity contribution in [1.82, 2.24) is 0 Å². The van der Waals surface area contributed by atoms with Crippen LogP contribution in [0.15, 0.2) is 0 Å². The van der Waals surface area contributed by atoms with Crippen molar-refractivity contribution in [3.63, 3.8) is 0 Å². The van der Waals surface area contributed by atoms with Gasteiger partial charge in [-0.05, 0) is 0 Å². The number of Topliss-reactive ketones (excluding diaryl/α,β-unsaturated/α-hetero) is 1. The fraction of sp³-hybridized carbons (Fsp3) is 0.875. The van der Waals surface area contributed by atoms with E-state index in [4.69, 9.17) is 9.47 Å². The largest absolute Gasteiger partial charge is 0.378 e. The summed E-state index contributed by atoms with van der Waals surface area (Å²) in [4.78, 5) is 11.1. The molecule has 2 fully saturated rings. The smallest absolute Gasteiger partial charge is 0.138 e. The average Bonchev–Trinajstić information content (AvgIpc) is 2.37. The zero-order valence-corrected chi connectivity index (χ0v) is 6.47. The molecule has 2 aliphatic rings. The molecule has 0 radical (unpaired) electrons. The Morgan fingerprint density at radius 3 is 2.91 bits per heavy atom. The van der Waals surface area contributed by atoms with E-state index < -0.39 is 0 Å². The highest BCUT2D eigenvalue weighted by Gasteiger charge is 2.40. The van der Waals surface area contributed by atoms with Crippen LogP contribution in [0, 0.1) is 0 Å². The van der Waals surface area contributed by atoms with Gasteiger partial charge in [0.15, 0.2) is 0 Å². The number of carbonyl (C=O) groups is 1. The predicted octanol–water partition coefficient (Wildman–Crippen LogP) is 0.525. The highest BCUT2D eigenvalue weighted by molar-refractivity contribution is 5.80. The Kier molecular flexibility index (Phi) is 1.69. The zero-order valence-electron chi connectivity index (χ0n) is 6.47. The van der Waals surface area contributed by atoms with Gasteiger partial charge in [-0.15, -0.1) is 0 Å². The van der Waals surface area contributed by atoms with Crippen molar-refractivity contribution in [1.29, 1.82) is 0 Å². The maximum Gasteiger partial charge on any atom is 0.138 e. The van der Waals surface area contributed by atoms with Crippen LogP contribution in [0.2, 0.25) is 0 Å². The summed E-state index contributed by atoms with van der Waals surface area (Å²) in [6, 6.07) is 0. The minimum Gasteiger partial charge on any atom is -0.378 e. The van der Waals surface area contributed by atoms with Crippen LogP contribution in [0.1, 0.15) is 19.3 Å². The number of hydrogen-bond donors (Lipinski definition) is 0. The van der Waals surface area contributed by atoms with Gasteiger partial charge in [-0.1, -0.05) is 0 Å². The molecule has 3 heteroatoms. The molecule has 3 nitrogen and oxygen atoms in total. The summed E-state index contributed by atoms with van der Waals surface area (Å²) < 4.78 is 10.8. The van der Waals surface area contributed by atoms with E-state index in [-0.39, 0.29) is 5.60 Å². The molecule has 11 heavy (non-hydrogen) atoms. The molecule has 2 rings (SSSR count). The maximum atomic E-state index is 11.1. The van der Waals surface area contributed by atoms with Crippen LogP contribution in [-0.4, -0.2) is 31.2 Å². The minimum absolute atomic E-state index is 0.227. The van der Waals surface area contributed by atoms with Crippen LogP contribution >= 0.6 is 0 Å². The van der Waals surface area contributed by atoms with Gasteiger partial charge in [0.2, 0.25) is 0 Å². The summed E-state index contributed by atoms with van der Waals surface area (Å²) in [7, 11) is 0. The molecule has 1 spiro atoms. The molecule has 0 aromatic heterocycles. The normalized spacial score (nSPS) is 38.4. The lowest BCUT2D eigenvalue weighted by Gasteiger charge is -2.30. The highest BCUT2D eigenvalue weighted by Crippen LogP contribution is 2.30. The minimum atomic E-state index is -0.227. The standard InChI is InChI=1S/C8H12O3/c9-7-1-3-11-8(5-7)2-4-10-6-8/h1-6H2. The lowest BCUT2D eigenvalue weighted by molar-refractivity contribution is -0.139. The molecule has 62 valence electrons. The van der Waals surface area contributed by atoms with Crippen molar-refractivity contribution in [2.45, 2.75) is 24.9 Å². The summed E-state index contributed by atoms with van der Waals surface area (Å²) in [5.41, 5.74) is -0.227. The molecule has 0 bridgehead atoms. The van der Waals surface area contributed by atoms with Crippen LogP contribution < -0.4 is 0 Å². The lowest BCUT2D eigenvalue weighted by atomic mass is 9.92. The molecule has 2 heterocycles. The van der Waals surface area contributed by atoms with Gasteiger partial charge in [-0.3, -0.25) is 4.79 Å². The Balaban J connectivity index is 2.05. The zero-order chi connectivity index (χ0) is 7.73. The second-order valence-electron chi connectivity index (χ2n) is 3.30. The lowest BCUT2D eigenvalue weighted by Crippen LogP contribution is -2.40. The summed E-state index contributed by atoms with van der Waals surface area (Å²) in [5, 5.41) is 0. The molecule has 0 saturated carbocycles. The van der Waals surface area contributed by atoms with Gasteiger partial charge < -0.3 is 9.47 Å². The first-order valence-corrected chi connectivity index (χ1v) is 4.04. The molecule has 2 aliphatic heterocycles. The van der Waals surface area contributed by atoms with Crippen LogP contribution in [0.25, 0.3) is 0 Å². The van der Waals surface area contributed by atoms with Gasteiger partial charge in [0.1, 0.15) is 11.4 Å². The van der Waals surface area contributed by atoms with Crippen molar-refractivity contribution in [3.05, 3.63) is 0 Å². The van der Waals surface area contributed by atoms with Crippen molar-refractivity contribution < 1.29 is 14.3 Å². The van der Waals surface area contributed by atoms with Crippen LogP contribution in [0.4, 0.5) is 0 Å². The summed E-state index contributed by atoms with van der Waals surface area (Å²) >= 11 is 0. The Hall–Kier alpha value is -0.410. The Labute approximate surface area is 65.7 Å². The van der Waals surface area contributed by atoms with Crippen molar-refractivity contribution in [2.75, 3.05) is 19.8 Å². The fourth-order valence-corrected chi connectivity index (χ4v) is 1.72. The molecule has 0 amide bonds. The molecule has 0 N–H and O–H groups in total. The molecule has 1 unspecified atom stereocenters. The number of ether oxygens (including phenoxy) is 2. The van der Waals surface area contributed by atoms with Gasteiger partial charge >= 0.3 is 0 Å². The van der Waals surface area contributed by atoms with Gasteiger partial charge in [-0.25, -0.2) is 0 Å². The first kappa shape index (κ1) is 7.25. The predicted molar refractivity (Wildman–Crippen MR) is 38.4 cm³/mol. The van der Waals surface area contributed by atoms with Crippen LogP contribution in [-0.2, 0) is 14.3 Å². The molecule has 0 aromatic rings. The van der Waals surface area contributed by atoms with E-state index in [1.54, 1.807) is 0 Å². The molecule has 0 aliphatic carbocycles. The quantitative estimate of drug-likeness (QED) is 0.513. The van der Waals surface area contributed by atoms with Crippen molar-refractivity contribution in [3.8, 4) is 0 Å². The molecule has 2 saturated heterocycles. The number of ketones is 1. The second kappa shape index (κ2) is 2.57. The van der Waals surface area contributed by atoms with Crippen molar-refractivity contribution >= 4 is 5.78 Å². The van der Waals surface area contributed by atoms with E-state index in [2.05, 4.69) is 0 Å². The molecular formula is C8H12O3. The van der Waals surface area contributed by atoms with E-state index in [0.29, 0.717) is 31.8 Å².